The first-order chi connectivity index (χ1) is 9.29. The first-order valence-corrected chi connectivity index (χ1v) is 8.66. The van der Waals surface area contributed by atoms with Gasteiger partial charge in [-0.25, -0.2) is 13.1 Å². The van der Waals surface area contributed by atoms with Crippen LogP contribution in [0.4, 0.5) is 0 Å². The fourth-order valence-electron chi connectivity index (χ4n) is 2.17. The third kappa shape index (κ3) is 5.01. The molecule has 0 bridgehead atoms. The molecule has 0 spiro atoms. The van der Waals surface area contributed by atoms with Crippen LogP contribution in [0.2, 0.25) is 0 Å². The summed E-state index contributed by atoms with van der Waals surface area (Å²) < 4.78 is 25.4. The highest BCUT2D eigenvalue weighted by atomic mass is 32.2. The maximum Gasteiger partial charge on any atom is 0.239 e. The highest BCUT2D eigenvalue weighted by molar-refractivity contribution is 7.89. The molecule has 0 radical (unpaired) electrons. The number of hydrogen-bond acceptors (Lipinski definition) is 5. The summed E-state index contributed by atoms with van der Waals surface area (Å²) in [6, 6.07) is 0. The normalized spacial score (nSPS) is 17.9. The number of carbonyl (C=O) groups excluding carboxylic acids is 1. The first kappa shape index (κ1) is 17.4. The molecule has 0 unspecified atom stereocenters. The summed E-state index contributed by atoms with van der Waals surface area (Å²) in [7, 11) is -3.29. The summed E-state index contributed by atoms with van der Waals surface area (Å²) in [5.41, 5.74) is -0.621. The molecule has 1 amide bonds. The van der Waals surface area contributed by atoms with Gasteiger partial charge in [-0.05, 0) is 13.8 Å². The van der Waals surface area contributed by atoms with Crippen molar-refractivity contribution in [3.05, 3.63) is 0 Å². The van der Waals surface area contributed by atoms with Crippen molar-refractivity contribution in [3.63, 3.8) is 0 Å². The van der Waals surface area contributed by atoms with E-state index >= 15 is 0 Å². The zero-order valence-corrected chi connectivity index (χ0v) is 13.3. The highest BCUT2D eigenvalue weighted by Crippen LogP contribution is 2.14. The molecule has 1 saturated heterocycles. The average Bonchev–Trinajstić information content (AvgIpc) is 2.39. The molecule has 8 heteroatoms. The van der Waals surface area contributed by atoms with Crippen molar-refractivity contribution in [2.24, 2.45) is 0 Å². The number of nitrogens with one attached hydrogen (secondary N) is 3. The van der Waals surface area contributed by atoms with Crippen LogP contribution in [0, 0.1) is 0 Å². The van der Waals surface area contributed by atoms with E-state index in [2.05, 4.69) is 20.3 Å². The molecule has 1 heterocycles. The number of nitrogens with zero attached hydrogens (tertiary/aromatic N) is 1. The zero-order chi connectivity index (χ0) is 15.2. The van der Waals surface area contributed by atoms with Crippen LogP contribution in [-0.2, 0) is 14.8 Å². The molecule has 0 atom stereocenters. The molecular formula is C12H26N4O3S. The van der Waals surface area contributed by atoms with Crippen molar-refractivity contribution in [2.75, 3.05) is 45.0 Å². The van der Waals surface area contributed by atoms with Crippen molar-refractivity contribution >= 4 is 15.9 Å². The van der Waals surface area contributed by atoms with E-state index in [-0.39, 0.29) is 18.2 Å². The van der Waals surface area contributed by atoms with Crippen LogP contribution in [0.25, 0.3) is 0 Å². The number of carbonyl (C=O) groups is 1. The predicted octanol–water partition coefficient (Wildman–Crippen LogP) is -1.27. The number of rotatable bonds is 7. The monoisotopic (exact) mass is 306 g/mol. The Hall–Kier alpha value is -0.700. The van der Waals surface area contributed by atoms with E-state index in [0.717, 1.165) is 26.2 Å². The van der Waals surface area contributed by atoms with Gasteiger partial charge < -0.3 is 10.6 Å². The van der Waals surface area contributed by atoms with E-state index in [1.165, 1.54) is 0 Å². The largest absolute Gasteiger partial charge is 0.353 e. The van der Waals surface area contributed by atoms with Gasteiger partial charge in [-0.1, -0.05) is 6.92 Å². The molecule has 0 aliphatic carbocycles. The Morgan fingerprint density at radius 2 is 1.90 bits per heavy atom. The van der Waals surface area contributed by atoms with Gasteiger partial charge >= 0.3 is 0 Å². The Morgan fingerprint density at radius 3 is 2.45 bits per heavy atom. The van der Waals surface area contributed by atoms with Gasteiger partial charge in [-0.3, -0.25) is 9.69 Å². The number of amides is 1. The van der Waals surface area contributed by atoms with Gasteiger partial charge in [0.1, 0.15) is 0 Å². The lowest BCUT2D eigenvalue weighted by molar-refractivity contribution is -0.132. The smallest absolute Gasteiger partial charge is 0.239 e. The first-order valence-electron chi connectivity index (χ1n) is 7.01. The fourth-order valence-corrected chi connectivity index (χ4v) is 3.13. The van der Waals surface area contributed by atoms with E-state index in [1.54, 1.807) is 6.92 Å². The van der Waals surface area contributed by atoms with Gasteiger partial charge in [-0.2, -0.15) is 0 Å². The van der Waals surface area contributed by atoms with E-state index in [0.29, 0.717) is 6.54 Å². The molecule has 1 rings (SSSR count). The molecule has 0 aromatic heterocycles. The van der Waals surface area contributed by atoms with Crippen LogP contribution in [-0.4, -0.2) is 69.8 Å². The van der Waals surface area contributed by atoms with Gasteiger partial charge in [0.2, 0.25) is 15.9 Å². The molecule has 1 fully saturated rings. The second-order valence-electron chi connectivity index (χ2n) is 5.37. The maximum absolute atomic E-state index is 12.2. The van der Waals surface area contributed by atoms with Crippen molar-refractivity contribution in [3.8, 4) is 0 Å². The summed E-state index contributed by atoms with van der Waals surface area (Å²) in [4.78, 5) is 14.3. The van der Waals surface area contributed by atoms with Gasteiger partial charge in [0.15, 0.2) is 0 Å². The second-order valence-corrected chi connectivity index (χ2v) is 7.30. The minimum absolute atomic E-state index is 0.0930. The third-order valence-corrected chi connectivity index (χ3v) is 4.95. The second kappa shape index (κ2) is 7.35. The summed E-state index contributed by atoms with van der Waals surface area (Å²) in [6.07, 6.45) is 0. The summed E-state index contributed by atoms with van der Waals surface area (Å²) in [5, 5.41) is 5.96. The Labute approximate surface area is 121 Å². The van der Waals surface area contributed by atoms with Crippen molar-refractivity contribution in [1.29, 1.82) is 0 Å². The van der Waals surface area contributed by atoms with Crippen LogP contribution >= 0.6 is 0 Å². The number of sulfonamides is 1. The lowest BCUT2D eigenvalue weighted by Gasteiger charge is -2.39. The Balaban J connectivity index is 2.45. The minimum atomic E-state index is -3.29. The Kier molecular flexibility index (Phi) is 6.38. The molecule has 0 aromatic carbocycles. The average molecular weight is 306 g/mol. The minimum Gasteiger partial charge on any atom is -0.353 e. The predicted molar refractivity (Wildman–Crippen MR) is 79.0 cm³/mol. The third-order valence-electron chi connectivity index (χ3n) is 3.48. The van der Waals surface area contributed by atoms with Crippen LogP contribution < -0.4 is 15.4 Å². The molecule has 1 aliphatic rings. The van der Waals surface area contributed by atoms with Crippen LogP contribution in [0.5, 0.6) is 0 Å². The molecular weight excluding hydrogens is 280 g/mol. The van der Waals surface area contributed by atoms with E-state index in [9.17, 15) is 13.2 Å². The molecule has 3 N–H and O–H groups in total. The van der Waals surface area contributed by atoms with E-state index < -0.39 is 15.6 Å². The molecule has 7 nitrogen and oxygen atoms in total. The summed E-state index contributed by atoms with van der Waals surface area (Å²) in [6.45, 7) is 9.32. The summed E-state index contributed by atoms with van der Waals surface area (Å²) in [5.74, 6) is -0.226. The zero-order valence-electron chi connectivity index (χ0n) is 12.5. The number of hydrogen-bond donors (Lipinski definition) is 3. The van der Waals surface area contributed by atoms with Gasteiger partial charge in [-0.15, -0.1) is 0 Å². The van der Waals surface area contributed by atoms with Crippen molar-refractivity contribution < 1.29 is 13.2 Å². The van der Waals surface area contributed by atoms with Gasteiger partial charge in [0, 0.05) is 39.3 Å². The summed E-state index contributed by atoms with van der Waals surface area (Å²) >= 11 is 0. The highest BCUT2D eigenvalue weighted by Gasteiger charge is 2.34. The maximum atomic E-state index is 12.2. The Morgan fingerprint density at radius 1 is 1.30 bits per heavy atom. The number of piperazine rings is 1. The van der Waals surface area contributed by atoms with Gasteiger partial charge in [0.25, 0.3) is 0 Å². The van der Waals surface area contributed by atoms with Crippen LogP contribution in [0.3, 0.4) is 0 Å². The molecule has 0 aromatic rings. The quantitative estimate of drug-likeness (QED) is 0.545. The fraction of sp³-hybridized carbons (Fsp3) is 0.917. The van der Waals surface area contributed by atoms with Crippen LogP contribution in [0.1, 0.15) is 20.8 Å². The lowest BCUT2D eigenvalue weighted by Crippen LogP contribution is -2.60. The topological polar surface area (TPSA) is 90.5 Å². The molecule has 118 valence electrons. The SMILES string of the molecule is CCNS(=O)(=O)CCNC(=O)C(C)(C)N1CCNCC1. The van der Waals surface area contributed by atoms with Crippen molar-refractivity contribution in [1.82, 2.24) is 20.3 Å². The molecule has 20 heavy (non-hydrogen) atoms. The van der Waals surface area contributed by atoms with E-state index in [4.69, 9.17) is 0 Å². The molecule has 0 saturated carbocycles. The molecule has 1 aliphatic heterocycles. The van der Waals surface area contributed by atoms with Crippen molar-refractivity contribution in [2.45, 2.75) is 26.3 Å². The lowest BCUT2D eigenvalue weighted by atomic mass is 10.0. The Bertz CT molecular complexity index is 416. The van der Waals surface area contributed by atoms with Gasteiger partial charge in [0.05, 0.1) is 11.3 Å². The van der Waals surface area contributed by atoms with E-state index in [1.807, 2.05) is 13.8 Å². The standard InChI is InChI=1S/C12H26N4O3S/c1-4-15-20(18,19)10-7-14-11(17)12(2,3)16-8-5-13-6-9-16/h13,15H,4-10H2,1-3H3,(H,14,17). The van der Waals surface area contributed by atoms with Crippen LogP contribution in [0.15, 0.2) is 0 Å².